The van der Waals surface area contributed by atoms with Crippen molar-refractivity contribution in [3.05, 3.63) is 24.5 Å². The molecule has 0 amide bonds. The van der Waals surface area contributed by atoms with Gasteiger partial charge in [0.2, 0.25) is 0 Å². The third-order valence-electron chi connectivity index (χ3n) is 4.75. The molecular formula is C18H23N5O2. The molecule has 0 aliphatic carbocycles. The van der Waals surface area contributed by atoms with E-state index in [9.17, 15) is 0 Å². The Kier molecular flexibility index (Phi) is 4.21. The number of hydrogen-bond acceptors (Lipinski definition) is 7. The van der Waals surface area contributed by atoms with Crippen molar-refractivity contribution in [3.63, 3.8) is 0 Å². The molecule has 7 heteroatoms. The van der Waals surface area contributed by atoms with Crippen LogP contribution in [0.3, 0.4) is 0 Å². The van der Waals surface area contributed by atoms with Gasteiger partial charge in [-0.3, -0.25) is 0 Å². The number of benzene rings is 1. The third kappa shape index (κ3) is 3.26. The van der Waals surface area contributed by atoms with Crippen LogP contribution in [0.15, 0.2) is 24.5 Å². The average molecular weight is 341 g/mol. The fourth-order valence-electron chi connectivity index (χ4n) is 3.22. The summed E-state index contributed by atoms with van der Waals surface area (Å²) in [6, 6.07) is 5.72. The van der Waals surface area contributed by atoms with E-state index in [1.54, 1.807) is 6.33 Å². The summed E-state index contributed by atoms with van der Waals surface area (Å²) in [5.74, 6) is 3.67. The molecule has 3 heterocycles. The number of nitrogens with one attached hydrogen (secondary N) is 1. The maximum Gasteiger partial charge on any atom is 0.163 e. The summed E-state index contributed by atoms with van der Waals surface area (Å²) < 4.78 is 11.2. The van der Waals surface area contributed by atoms with Crippen LogP contribution >= 0.6 is 0 Å². The molecular weight excluding hydrogens is 318 g/mol. The summed E-state index contributed by atoms with van der Waals surface area (Å²) in [7, 11) is 0. The predicted octanol–water partition coefficient (Wildman–Crippen LogP) is 2.81. The summed E-state index contributed by atoms with van der Waals surface area (Å²) in [6.07, 6.45) is 3.88. The van der Waals surface area contributed by atoms with Gasteiger partial charge in [0.15, 0.2) is 23.1 Å². The highest BCUT2D eigenvalue weighted by atomic mass is 16.6. The molecule has 2 aliphatic heterocycles. The maximum absolute atomic E-state index is 6.35. The lowest BCUT2D eigenvalue weighted by Crippen LogP contribution is -2.34. The molecule has 132 valence electrons. The van der Waals surface area contributed by atoms with Crippen LogP contribution in [0.25, 0.3) is 0 Å². The first-order valence-corrected chi connectivity index (χ1v) is 8.73. The summed E-state index contributed by atoms with van der Waals surface area (Å²) in [6.45, 7) is 5.38. The van der Waals surface area contributed by atoms with Gasteiger partial charge in [0.25, 0.3) is 0 Å². The molecule has 2 aliphatic rings. The van der Waals surface area contributed by atoms with Crippen LogP contribution in [0.4, 0.5) is 23.0 Å². The second-order valence-corrected chi connectivity index (χ2v) is 6.61. The van der Waals surface area contributed by atoms with Crippen molar-refractivity contribution in [2.75, 3.05) is 42.3 Å². The molecule has 0 radical (unpaired) electrons. The van der Waals surface area contributed by atoms with E-state index in [4.69, 9.17) is 15.2 Å². The minimum absolute atomic E-state index is 0.559. The van der Waals surface area contributed by atoms with Crippen LogP contribution in [0.1, 0.15) is 19.8 Å². The van der Waals surface area contributed by atoms with Gasteiger partial charge in [-0.1, -0.05) is 6.92 Å². The Labute approximate surface area is 147 Å². The molecule has 3 N–H and O–H groups in total. The van der Waals surface area contributed by atoms with E-state index < -0.39 is 0 Å². The van der Waals surface area contributed by atoms with Crippen LogP contribution in [-0.2, 0) is 0 Å². The molecule has 1 aromatic carbocycles. The highest BCUT2D eigenvalue weighted by molar-refractivity contribution is 5.78. The zero-order valence-corrected chi connectivity index (χ0v) is 14.4. The number of nitrogen functional groups attached to an aromatic ring is 1. The van der Waals surface area contributed by atoms with E-state index in [-0.39, 0.29) is 0 Å². The van der Waals surface area contributed by atoms with E-state index in [1.165, 1.54) is 0 Å². The first-order valence-electron chi connectivity index (χ1n) is 8.73. The summed E-state index contributed by atoms with van der Waals surface area (Å²) in [4.78, 5) is 11.0. The molecule has 25 heavy (non-hydrogen) atoms. The Morgan fingerprint density at radius 2 is 1.88 bits per heavy atom. The van der Waals surface area contributed by atoms with E-state index >= 15 is 0 Å². The molecule has 1 aromatic heterocycles. The first-order chi connectivity index (χ1) is 12.2. The van der Waals surface area contributed by atoms with Crippen LogP contribution < -0.4 is 25.4 Å². The third-order valence-corrected chi connectivity index (χ3v) is 4.75. The van der Waals surface area contributed by atoms with E-state index in [0.717, 1.165) is 54.9 Å². The Balaban J connectivity index is 1.56. The first kappa shape index (κ1) is 15.8. The van der Waals surface area contributed by atoms with Crippen LogP contribution in [0, 0.1) is 5.92 Å². The van der Waals surface area contributed by atoms with Crippen molar-refractivity contribution in [2.45, 2.75) is 19.8 Å². The van der Waals surface area contributed by atoms with Gasteiger partial charge in [-0.2, -0.15) is 0 Å². The predicted molar refractivity (Wildman–Crippen MR) is 97.8 cm³/mol. The zero-order valence-electron chi connectivity index (χ0n) is 14.4. The lowest BCUT2D eigenvalue weighted by molar-refractivity contribution is 0.171. The minimum Gasteiger partial charge on any atom is -0.486 e. The second-order valence-electron chi connectivity index (χ2n) is 6.61. The fourth-order valence-corrected chi connectivity index (χ4v) is 3.22. The van der Waals surface area contributed by atoms with E-state index in [2.05, 4.69) is 27.1 Å². The van der Waals surface area contributed by atoms with Crippen molar-refractivity contribution < 1.29 is 9.47 Å². The molecule has 0 saturated carbocycles. The van der Waals surface area contributed by atoms with Gasteiger partial charge in [0, 0.05) is 24.8 Å². The van der Waals surface area contributed by atoms with Crippen LogP contribution in [0.2, 0.25) is 0 Å². The van der Waals surface area contributed by atoms with Gasteiger partial charge >= 0.3 is 0 Å². The Hall–Kier alpha value is -2.70. The van der Waals surface area contributed by atoms with Gasteiger partial charge in [-0.05, 0) is 30.9 Å². The van der Waals surface area contributed by atoms with Gasteiger partial charge in [-0.15, -0.1) is 0 Å². The highest BCUT2D eigenvalue weighted by Crippen LogP contribution is 2.35. The topological polar surface area (TPSA) is 85.5 Å². The lowest BCUT2D eigenvalue weighted by atomic mass is 9.99. The zero-order chi connectivity index (χ0) is 17.2. The molecule has 0 unspecified atom stereocenters. The number of piperidine rings is 1. The monoisotopic (exact) mass is 341 g/mol. The summed E-state index contributed by atoms with van der Waals surface area (Å²) >= 11 is 0. The molecule has 0 bridgehead atoms. The molecule has 1 fully saturated rings. The van der Waals surface area contributed by atoms with Crippen LogP contribution in [-0.4, -0.2) is 36.3 Å². The minimum atomic E-state index is 0.559. The highest BCUT2D eigenvalue weighted by Gasteiger charge is 2.21. The normalized spacial score (nSPS) is 17.4. The van der Waals surface area contributed by atoms with Gasteiger partial charge < -0.3 is 25.4 Å². The van der Waals surface area contributed by atoms with Crippen molar-refractivity contribution in [3.8, 4) is 11.5 Å². The number of nitrogens with two attached hydrogens (primary N) is 1. The van der Waals surface area contributed by atoms with Crippen molar-refractivity contribution >= 4 is 23.0 Å². The van der Waals surface area contributed by atoms with Gasteiger partial charge in [0.05, 0.1) is 0 Å². The molecule has 4 rings (SSSR count). The number of anilines is 4. The van der Waals surface area contributed by atoms with Gasteiger partial charge in [-0.25, -0.2) is 9.97 Å². The Morgan fingerprint density at radius 3 is 2.68 bits per heavy atom. The Morgan fingerprint density at radius 1 is 1.12 bits per heavy atom. The quantitative estimate of drug-likeness (QED) is 0.888. The molecule has 0 spiro atoms. The SMILES string of the molecule is CC1CCN(c2ncnc(Nc3ccc4c(c3)OCCO4)c2N)CC1. The summed E-state index contributed by atoms with van der Waals surface area (Å²) in [5, 5.41) is 3.27. The number of aromatic nitrogens is 2. The molecule has 2 aromatic rings. The average Bonchev–Trinajstić information content (AvgIpc) is 2.64. The number of hydrogen-bond donors (Lipinski definition) is 2. The summed E-state index contributed by atoms with van der Waals surface area (Å²) in [5.41, 5.74) is 7.78. The lowest BCUT2D eigenvalue weighted by Gasteiger charge is -2.32. The van der Waals surface area contributed by atoms with Crippen molar-refractivity contribution in [1.82, 2.24) is 9.97 Å². The smallest absolute Gasteiger partial charge is 0.163 e. The Bertz CT molecular complexity index is 759. The van der Waals surface area contributed by atoms with E-state index in [0.29, 0.717) is 24.7 Å². The van der Waals surface area contributed by atoms with Crippen molar-refractivity contribution in [2.24, 2.45) is 5.92 Å². The standard InChI is InChI=1S/C18H23N5O2/c1-12-4-6-23(7-5-12)18-16(19)17(20-11-21-18)22-13-2-3-14-15(10-13)25-9-8-24-14/h2-3,10-12H,4-9,19H2,1H3,(H,20,21,22). The fraction of sp³-hybridized carbons (Fsp3) is 0.444. The second kappa shape index (κ2) is 6.66. The van der Waals surface area contributed by atoms with Gasteiger partial charge in [0.1, 0.15) is 25.2 Å². The molecule has 7 nitrogen and oxygen atoms in total. The van der Waals surface area contributed by atoms with Crippen LogP contribution in [0.5, 0.6) is 11.5 Å². The number of rotatable bonds is 3. The molecule has 0 atom stereocenters. The number of fused-ring (bicyclic) bond motifs is 1. The number of nitrogens with zero attached hydrogens (tertiary/aromatic N) is 3. The maximum atomic E-state index is 6.35. The number of ether oxygens (including phenoxy) is 2. The van der Waals surface area contributed by atoms with E-state index in [1.807, 2.05) is 18.2 Å². The largest absolute Gasteiger partial charge is 0.486 e. The van der Waals surface area contributed by atoms with Crippen molar-refractivity contribution in [1.29, 1.82) is 0 Å². The molecule has 1 saturated heterocycles.